The third kappa shape index (κ3) is 4.63. The number of halogens is 2. The first-order valence-corrected chi connectivity index (χ1v) is 8.97. The Kier molecular flexibility index (Phi) is 5.87. The van der Waals surface area contributed by atoms with Crippen LogP contribution in [0.15, 0.2) is 59.0 Å². The molecular weight excluding hydrogens is 401 g/mol. The first-order valence-electron chi connectivity index (χ1n) is 8.22. The van der Waals surface area contributed by atoms with Crippen LogP contribution in [0.25, 0.3) is 17.4 Å². The van der Waals surface area contributed by atoms with Gasteiger partial charge in [0.1, 0.15) is 11.5 Å². The monoisotopic (exact) mass is 415 g/mol. The number of furan rings is 1. The van der Waals surface area contributed by atoms with Crippen LogP contribution in [0.2, 0.25) is 10.0 Å². The van der Waals surface area contributed by atoms with Gasteiger partial charge in [-0.3, -0.25) is 4.79 Å². The van der Waals surface area contributed by atoms with E-state index in [-0.39, 0.29) is 10.6 Å². The number of carbonyl (C=O) groups is 2. The maximum absolute atomic E-state index is 12.1. The molecule has 1 amide bonds. The lowest BCUT2D eigenvalue weighted by Crippen LogP contribution is -2.08. The Balaban J connectivity index is 1.68. The quantitative estimate of drug-likeness (QED) is 0.507. The Morgan fingerprint density at radius 2 is 1.82 bits per heavy atom. The maximum atomic E-state index is 12.1. The molecule has 0 atom stereocenters. The Labute approximate surface area is 171 Å². The summed E-state index contributed by atoms with van der Waals surface area (Å²) in [5.41, 5.74) is 2.17. The molecule has 3 aromatic rings. The highest BCUT2D eigenvalue weighted by molar-refractivity contribution is 6.34. The molecule has 1 heterocycles. The van der Waals surface area contributed by atoms with Crippen LogP contribution < -0.4 is 5.32 Å². The highest BCUT2D eigenvalue weighted by Gasteiger charge is 2.10. The van der Waals surface area contributed by atoms with Crippen LogP contribution in [0.1, 0.15) is 21.7 Å². The van der Waals surface area contributed by atoms with Crippen molar-refractivity contribution in [2.75, 3.05) is 5.32 Å². The van der Waals surface area contributed by atoms with Gasteiger partial charge in [-0.25, -0.2) is 4.79 Å². The van der Waals surface area contributed by atoms with Crippen LogP contribution in [0.5, 0.6) is 0 Å². The number of rotatable bonds is 5. The number of amides is 1. The highest BCUT2D eigenvalue weighted by atomic mass is 35.5. The summed E-state index contributed by atoms with van der Waals surface area (Å²) in [5, 5.41) is 12.3. The molecule has 0 aliphatic heterocycles. The largest absolute Gasteiger partial charge is 0.478 e. The Morgan fingerprint density at radius 3 is 2.50 bits per heavy atom. The average molecular weight is 416 g/mol. The molecule has 0 aliphatic rings. The fourth-order valence-corrected chi connectivity index (χ4v) is 2.89. The van der Waals surface area contributed by atoms with Crippen LogP contribution in [0, 0.1) is 6.92 Å². The summed E-state index contributed by atoms with van der Waals surface area (Å²) in [7, 11) is 0. The van der Waals surface area contributed by atoms with Gasteiger partial charge in [0, 0.05) is 22.3 Å². The van der Waals surface area contributed by atoms with Gasteiger partial charge in [-0.2, -0.15) is 0 Å². The summed E-state index contributed by atoms with van der Waals surface area (Å²) in [6, 6.07) is 13.3. The van der Waals surface area contributed by atoms with Crippen LogP contribution in [-0.2, 0) is 4.79 Å². The second-order valence-electron chi connectivity index (χ2n) is 5.99. The fourth-order valence-electron chi connectivity index (χ4n) is 2.45. The van der Waals surface area contributed by atoms with Gasteiger partial charge in [0.15, 0.2) is 0 Å². The standard InChI is InChI=1S/C21H15Cl2NO4/c1-12-2-3-13(10-17(12)22)19-8-5-15(28-19)6-9-20(25)24-14-4-7-16(21(26)27)18(23)11-14/h2-11H,1H3,(H,24,25)(H,26,27)/b9-6+. The molecule has 2 aromatic carbocycles. The van der Waals surface area contributed by atoms with Gasteiger partial charge < -0.3 is 14.8 Å². The number of anilines is 1. The number of carboxylic acids is 1. The minimum Gasteiger partial charge on any atom is -0.478 e. The van der Waals surface area contributed by atoms with Gasteiger partial charge >= 0.3 is 5.97 Å². The molecule has 0 radical (unpaired) electrons. The molecule has 0 aliphatic carbocycles. The van der Waals surface area contributed by atoms with Crippen molar-refractivity contribution in [3.63, 3.8) is 0 Å². The van der Waals surface area contributed by atoms with E-state index in [2.05, 4.69) is 5.32 Å². The number of hydrogen-bond donors (Lipinski definition) is 2. The Bertz CT molecular complexity index is 1090. The third-order valence-corrected chi connectivity index (χ3v) is 4.67. The molecule has 0 spiro atoms. The number of hydrogen-bond acceptors (Lipinski definition) is 3. The van der Waals surface area contributed by atoms with Gasteiger partial charge in [0.2, 0.25) is 5.91 Å². The lowest BCUT2D eigenvalue weighted by atomic mass is 10.1. The summed E-state index contributed by atoms with van der Waals surface area (Å²) >= 11 is 12.0. The minimum absolute atomic E-state index is 0.0328. The molecule has 142 valence electrons. The summed E-state index contributed by atoms with van der Waals surface area (Å²) in [6.45, 7) is 1.92. The molecule has 3 rings (SSSR count). The molecule has 0 saturated carbocycles. The van der Waals surface area contributed by atoms with E-state index in [1.807, 2.05) is 25.1 Å². The third-order valence-electron chi connectivity index (χ3n) is 3.95. The van der Waals surface area contributed by atoms with Crippen LogP contribution in [0.4, 0.5) is 5.69 Å². The molecule has 1 aromatic heterocycles. The minimum atomic E-state index is -1.13. The van der Waals surface area contributed by atoms with Crippen molar-refractivity contribution in [2.45, 2.75) is 6.92 Å². The number of nitrogens with one attached hydrogen (secondary N) is 1. The van der Waals surface area contributed by atoms with Crippen molar-refractivity contribution in [3.8, 4) is 11.3 Å². The number of carboxylic acid groups (broad SMARTS) is 1. The van der Waals surface area contributed by atoms with Crippen molar-refractivity contribution >= 4 is 46.8 Å². The molecule has 0 unspecified atom stereocenters. The molecule has 5 nitrogen and oxygen atoms in total. The van der Waals surface area contributed by atoms with Crippen molar-refractivity contribution in [3.05, 3.63) is 81.5 Å². The second kappa shape index (κ2) is 8.33. The summed E-state index contributed by atoms with van der Waals surface area (Å²) < 4.78 is 5.71. The number of aryl methyl sites for hydroxylation is 1. The molecule has 7 heteroatoms. The van der Waals surface area contributed by atoms with Gasteiger partial charge in [0.05, 0.1) is 10.6 Å². The average Bonchev–Trinajstić information content (AvgIpc) is 3.11. The van der Waals surface area contributed by atoms with E-state index in [4.69, 9.17) is 32.7 Å². The first kappa shape index (κ1) is 19.7. The second-order valence-corrected chi connectivity index (χ2v) is 6.80. The van der Waals surface area contributed by atoms with E-state index in [9.17, 15) is 9.59 Å². The Morgan fingerprint density at radius 1 is 1.04 bits per heavy atom. The van der Waals surface area contributed by atoms with Crippen molar-refractivity contribution in [2.24, 2.45) is 0 Å². The molecule has 28 heavy (non-hydrogen) atoms. The van der Waals surface area contributed by atoms with E-state index in [0.717, 1.165) is 11.1 Å². The van der Waals surface area contributed by atoms with Gasteiger partial charge in [0.25, 0.3) is 0 Å². The topological polar surface area (TPSA) is 79.5 Å². The van der Waals surface area contributed by atoms with E-state index >= 15 is 0 Å². The highest BCUT2D eigenvalue weighted by Crippen LogP contribution is 2.27. The van der Waals surface area contributed by atoms with Crippen molar-refractivity contribution in [1.82, 2.24) is 0 Å². The SMILES string of the molecule is Cc1ccc(-c2ccc(/C=C/C(=O)Nc3ccc(C(=O)O)c(Cl)c3)o2)cc1Cl. The zero-order valence-corrected chi connectivity index (χ0v) is 16.2. The summed E-state index contributed by atoms with van der Waals surface area (Å²) in [6.07, 6.45) is 2.84. The van der Waals surface area contributed by atoms with Gasteiger partial charge in [-0.15, -0.1) is 0 Å². The molecule has 0 bridgehead atoms. The molecule has 0 saturated heterocycles. The lowest BCUT2D eigenvalue weighted by molar-refractivity contribution is -0.111. The predicted octanol–water partition coefficient (Wildman–Crippen LogP) is 5.91. The van der Waals surface area contributed by atoms with Crippen LogP contribution in [0.3, 0.4) is 0 Å². The Hall–Kier alpha value is -3.02. The van der Waals surface area contributed by atoms with Crippen molar-refractivity contribution in [1.29, 1.82) is 0 Å². The zero-order chi connectivity index (χ0) is 20.3. The normalized spacial score (nSPS) is 11.0. The molecule has 0 fully saturated rings. The van der Waals surface area contributed by atoms with Crippen LogP contribution in [-0.4, -0.2) is 17.0 Å². The van der Waals surface area contributed by atoms with E-state index in [1.54, 1.807) is 12.1 Å². The fraction of sp³-hybridized carbons (Fsp3) is 0.0476. The number of benzene rings is 2. The molecular formula is C21H15Cl2NO4. The first-order chi connectivity index (χ1) is 13.3. The van der Waals surface area contributed by atoms with Crippen molar-refractivity contribution < 1.29 is 19.1 Å². The summed E-state index contributed by atoms with van der Waals surface area (Å²) in [4.78, 5) is 23.0. The lowest BCUT2D eigenvalue weighted by Gasteiger charge is -2.04. The van der Waals surface area contributed by atoms with Crippen LogP contribution >= 0.6 is 23.2 Å². The summed E-state index contributed by atoms with van der Waals surface area (Å²) in [5.74, 6) is -0.402. The smallest absolute Gasteiger partial charge is 0.337 e. The number of aromatic carboxylic acids is 1. The van der Waals surface area contributed by atoms with Gasteiger partial charge in [-0.1, -0.05) is 35.3 Å². The van der Waals surface area contributed by atoms with Gasteiger partial charge in [-0.05, 0) is 55.0 Å². The van der Waals surface area contributed by atoms with E-state index in [0.29, 0.717) is 22.2 Å². The zero-order valence-electron chi connectivity index (χ0n) is 14.7. The maximum Gasteiger partial charge on any atom is 0.337 e. The predicted molar refractivity (Wildman–Crippen MR) is 110 cm³/mol. The number of carbonyl (C=O) groups excluding carboxylic acids is 1. The van der Waals surface area contributed by atoms with E-state index < -0.39 is 11.9 Å². The molecule has 2 N–H and O–H groups in total. The van der Waals surface area contributed by atoms with E-state index in [1.165, 1.54) is 30.4 Å².